The van der Waals surface area contributed by atoms with Gasteiger partial charge in [0.15, 0.2) is 0 Å². The first kappa shape index (κ1) is 56.9. The molecule has 0 bridgehead atoms. The second-order valence-corrected chi connectivity index (χ2v) is 4.75. The fourth-order valence-corrected chi connectivity index (χ4v) is 0.900. The van der Waals surface area contributed by atoms with Crippen molar-refractivity contribution < 1.29 is 32.1 Å². The van der Waals surface area contributed by atoms with Gasteiger partial charge in [0.05, 0.1) is 19.8 Å². The van der Waals surface area contributed by atoms with E-state index in [4.69, 9.17) is 19.5 Å². The summed E-state index contributed by atoms with van der Waals surface area (Å²) in [5.74, 6) is 0.377. The topological polar surface area (TPSA) is 113 Å². The van der Waals surface area contributed by atoms with E-state index in [0.29, 0.717) is 12.3 Å². The Labute approximate surface area is 194 Å². The smallest absolute Gasteiger partial charge is 0.394 e. The molecule has 0 unspecified atom stereocenters. The molecule has 0 saturated heterocycles. The van der Waals surface area contributed by atoms with Gasteiger partial charge in [-0.2, -0.15) is 8.42 Å². The number of aliphatic hydroxyl groups is 2. The van der Waals surface area contributed by atoms with Crippen molar-refractivity contribution >= 4 is 10.4 Å². The molecule has 0 rings (SSSR count). The van der Waals surface area contributed by atoms with Gasteiger partial charge in [0.2, 0.25) is 0 Å². The molecule has 0 aliphatic rings. The minimum Gasteiger partial charge on any atom is -0.394 e. The van der Waals surface area contributed by atoms with Gasteiger partial charge in [-0.1, -0.05) is 13.8 Å². The number of aliphatic hydroxyl groups excluding tert-OH is 2. The molecule has 0 radical (unpaired) electrons. The molecule has 0 spiro atoms. The second-order valence-electron chi connectivity index (χ2n) is 3.66. The highest BCUT2D eigenvalue weighted by Crippen LogP contribution is 2.00. The Balaban J connectivity index is -0.0000000283. The highest BCUT2D eigenvalue weighted by molar-refractivity contribution is 7.80. The Bertz CT molecular complexity index is 302. The molecule has 0 aliphatic carbocycles. The highest BCUT2D eigenvalue weighted by Gasteiger charge is 2.03. The average Bonchev–Trinajstić information content (AvgIpc) is 2.82. The molecule has 0 saturated carbocycles. The summed E-state index contributed by atoms with van der Waals surface area (Å²) in [6.07, 6.45) is 0.625. The molecule has 0 aromatic carbocycles. The minimum atomic E-state index is -4.22. The maximum atomic E-state index is 9.95. The molecule has 0 amide bonds. The lowest BCUT2D eigenvalue weighted by molar-refractivity contribution is 0.162. The number of rotatable bonds is 7. The van der Waals surface area contributed by atoms with E-state index in [-0.39, 0.29) is 19.8 Å². The van der Waals surface area contributed by atoms with Gasteiger partial charge in [-0.3, -0.25) is 4.55 Å². The fraction of sp³-hybridized carbons (Fsp3) is 0.478. The van der Waals surface area contributed by atoms with Crippen LogP contribution in [0.25, 0.3) is 0 Å². The summed E-state index contributed by atoms with van der Waals surface area (Å²) in [6, 6.07) is 0. The first-order valence-electron chi connectivity index (χ1n) is 9.16. The zero-order valence-electron chi connectivity index (χ0n) is 20.7. The van der Waals surface area contributed by atoms with Crippen molar-refractivity contribution in [3.8, 4) is 0 Å². The summed E-state index contributed by atoms with van der Waals surface area (Å²) in [5.41, 5.74) is 0. The van der Waals surface area contributed by atoms with Crippen LogP contribution >= 0.6 is 0 Å². The first-order chi connectivity index (χ1) is 14.7. The summed E-state index contributed by atoms with van der Waals surface area (Å²) in [4.78, 5) is 0. The average molecular weight is 473 g/mol. The van der Waals surface area contributed by atoms with Gasteiger partial charge in [0.25, 0.3) is 0 Å². The van der Waals surface area contributed by atoms with Crippen LogP contribution in [0.15, 0.2) is 78.9 Å². The molecule has 0 aromatic heterocycles. The van der Waals surface area contributed by atoms with Crippen molar-refractivity contribution in [2.45, 2.75) is 34.1 Å². The van der Waals surface area contributed by atoms with Crippen molar-refractivity contribution in [1.82, 2.24) is 0 Å². The van der Waals surface area contributed by atoms with E-state index in [1.165, 1.54) is 0 Å². The fourth-order valence-electron chi connectivity index (χ4n) is 0.593. The predicted molar refractivity (Wildman–Crippen MR) is 141 cm³/mol. The Morgan fingerprint density at radius 2 is 0.968 bits per heavy atom. The molecule has 3 N–H and O–H groups in total. The van der Waals surface area contributed by atoms with Gasteiger partial charge in [0, 0.05) is 13.2 Å². The molecular formula is C23H52O7S. The lowest BCUT2D eigenvalue weighted by atomic mass is 10.2. The van der Waals surface area contributed by atoms with Crippen LogP contribution in [0.2, 0.25) is 0 Å². The lowest BCUT2D eigenvalue weighted by Gasteiger charge is -2.01. The molecule has 0 atom stereocenters. The predicted octanol–water partition coefficient (Wildman–Crippen LogP) is 5.68. The lowest BCUT2D eigenvalue weighted by Crippen LogP contribution is -2.06. The maximum Gasteiger partial charge on any atom is 0.397 e. The molecular weight excluding hydrogens is 420 g/mol. The van der Waals surface area contributed by atoms with Crippen LogP contribution in [-0.4, -0.2) is 56.2 Å². The molecule has 0 fully saturated rings. The Kier molecular flexibility index (Phi) is 166. The highest BCUT2D eigenvalue weighted by atomic mass is 32.3. The van der Waals surface area contributed by atoms with E-state index < -0.39 is 10.4 Å². The molecule has 192 valence electrons. The van der Waals surface area contributed by atoms with Gasteiger partial charge in [-0.15, -0.1) is 78.9 Å². The van der Waals surface area contributed by atoms with Gasteiger partial charge in [-0.05, 0) is 26.2 Å². The number of ether oxygens (including phenoxy) is 1. The van der Waals surface area contributed by atoms with Crippen LogP contribution in [0.4, 0.5) is 0 Å². The maximum absolute atomic E-state index is 9.95. The Morgan fingerprint density at radius 3 is 1.06 bits per heavy atom. The van der Waals surface area contributed by atoms with E-state index in [1.807, 2.05) is 27.7 Å². The van der Waals surface area contributed by atoms with Gasteiger partial charge in [-0.25, -0.2) is 4.18 Å². The van der Waals surface area contributed by atoms with Crippen molar-refractivity contribution in [2.24, 2.45) is 5.92 Å². The Morgan fingerprint density at radius 1 is 0.710 bits per heavy atom. The standard InChI is InChI=1S/C5H12O4S.C4H10O.C2H6O2.6C2H4/c1-5(2)3-4-9-10(6,7)8;1-3-5-4-2;3-1-2-4;6*1-2/h5H,3-4H2,1-2H3,(H,6,7,8);3-4H2,1-2H3;3-4H,1-2H2;6*1-2H2. The van der Waals surface area contributed by atoms with Crippen LogP contribution in [0, 0.1) is 5.92 Å². The molecule has 0 heterocycles. The SMILES string of the molecule is C=C.C=C.C=C.C=C.C=C.C=C.CC(C)CCOS(=O)(=O)O.CCOCC.OCCO. The van der Waals surface area contributed by atoms with Gasteiger partial charge >= 0.3 is 10.4 Å². The van der Waals surface area contributed by atoms with Crippen molar-refractivity contribution in [2.75, 3.05) is 33.0 Å². The number of hydrogen-bond acceptors (Lipinski definition) is 6. The van der Waals surface area contributed by atoms with Crippen molar-refractivity contribution in [1.29, 1.82) is 0 Å². The second kappa shape index (κ2) is 90.3. The third kappa shape index (κ3) is 288. The molecule has 0 aliphatic heterocycles. The van der Waals surface area contributed by atoms with E-state index in [0.717, 1.165) is 13.2 Å². The quantitative estimate of drug-likeness (QED) is 0.323. The summed E-state index contributed by atoms with van der Waals surface area (Å²) in [7, 11) is -4.22. The van der Waals surface area contributed by atoms with Crippen molar-refractivity contribution in [3.63, 3.8) is 0 Å². The van der Waals surface area contributed by atoms with E-state index in [9.17, 15) is 8.42 Å². The first-order valence-corrected chi connectivity index (χ1v) is 10.5. The largest absolute Gasteiger partial charge is 0.397 e. The monoisotopic (exact) mass is 472 g/mol. The molecule has 8 heteroatoms. The zero-order chi connectivity index (χ0) is 27.7. The Hall–Kier alpha value is -1.81. The van der Waals surface area contributed by atoms with Crippen LogP contribution in [0.5, 0.6) is 0 Å². The van der Waals surface area contributed by atoms with Crippen LogP contribution in [-0.2, 0) is 19.3 Å². The third-order valence-electron chi connectivity index (χ3n) is 1.44. The van der Waals surface area contributed by atoms with E-state index >= 15 is 0 Å². The van der Waals surface area contributed by atoms with E-state index in [2.05, 4.69) is 83.1 Å². The zero-order valence-corrected chi connectivity index (χ0v) is 21.5. The van der Waals surface area contributed by atoms with Gasteiger partial charge < -0.3 is 14.9 Å². The van der Waals surface area contributed by atoms with Crippen molar-refractivity contribution in [3.05, 3.63) is 78.9 Å². The summed E-state index contributed by atoms with van der Waals surface area (Å²) in [5, 5.41) is 15.2. The third-order valence-corrected chi connectivity index (χ3v) is 1.90. The van der Waals surface area contributed by atoms with Crippen LogP contribution < -0.4 is 0 Å². The summed E-state index contributed by atoms with van der Waals surface area (Å²) >= 11 is 0. The summed E-state index contributed by atoms with van der Waals surface area (Å²) < 4.78 is 36.9. The normalized spacial score (nSPS) is 7.10. The van der Waals surface area contributed by atoms with Crippen LogP contribution in [0.1, 0.15) is 34.1 Å². The number of hydrogen-bond donors (Lipinski definition) is 3. The van der Waals surface area contributed by atoms with Gasteiger partial charge in [0.1, 0.15) is 0 Å². The molecule has 31 heavy (non-hydrogen) atoms. The molecule has 7 nitrogen and oxygen atoms in total. The minimum absolute atomic E-state index is 0.0521. The molecule has 0 aromatic rings. The van der Waals surface area contributed by atoms with Crippen LogP contribution in [0.3, 0.4) is 0 Å². The summed E-state index contributed by atoms with van der Waals surface area (Å²) in [6.45, 7) is 45.3. The van der Waals surface area contributed by atoms with E-state index in [1.54, 1.807) is 0 Å².